The molecule has 3 nitrogen and oxygen atoms in total. The quantitative estimate of drug-likeness (QED) is 0.916. The van der Waals surface area contributed by atoms with Crippen LogP contribution in [0.2, 0.25) is 0 Å². The van der Waals surface area contributed by atoms with E-state index in [1.807, 2.05) is 24.3 Å². The average Bonchev–Trinajstić information content (AvgIpc) is 2.78. The molecule has 1 aromatic carbocycles. The van der Waals surface area contributed by atoms with Crippen LogP contribution in [0, 0.1) is 19.7 Å². The van der Waals surface area contributed by atoms with Crippen molar-refractivity contribution in [3.63, 3.8) is 0 Å². The van der Waals surface area contributed by atoms with Crippen molar-refractivity contribution in [2.45, 2.75) is 20.4 Å². The van der Waals surface area contributed by atoms with E-state index < -0.39 is 5.82 Å². The minimum absolute atomic E-state index is 0.213. The fraction of sp³-hybridized carbons (Fsp3) is 0.312. The number of likely N-dealkylation sites (N-methyl/N-ethyl adjacent to an activating group) is 1. The number of halogens is 1. The van der Waals surface area contributed by atoms with Crippen LogP contribution < -0.4 is 5.32 Å². The van der Waals surface area contributed by atoms with Gasteiger partial charge in [0.25, 0.3) is 0 Å². The molecule has 5 heteroatoms. The maximum absolute atomic E-state index is 13.7. The van der Waals surface area contributed by atoms with Crippen molar-refractivity contribution in [3.05, 3.63) is 51.5 Å². The van der Waals surface area contributed by atoms with Crippen LogP contribution in [0.25, 0.3) is 0 Å². The highest BCUT2D eigenvalue weighted by Crippen LogP contribution is 2.18. The van der Waals surface area contributed by atoms with E-state index in [-0.39, 0.29) is 18.1 Å². The van der Waals surface area contributed by atoms with Gasteiger partial charge in [-0.3, -0.25) is 9.69 Å². The Morgan fingerprint density at radius 1 is 1.33 bits per heavy atom. The lowest BCUT2D eigenvalue weighted by molar-refractivity contribution is -0.117. The zero-order chi connectivity index (χ0) is 15.4. The summed E-state index contributed by atoms with van der Waals surface area (Å²) in [5, 5.41) is 4.65. The third-order valence-corrected chi connectivity index (χ3v) is 4.20. The fourth-order valence-corrected chi connectivity index (χ4v) is 3.01. The molecule has 1 heterocycles. The van der Waals surface area contributed by atoms with Gasteiger partial charge in [0.15, 0.2) is 0 Å². The molecule has 0 saturated carbocycles. The van der Waals surface area contributed by atoms with Gasteiger partial charge in [-0.2, -0.15) is 0 Å². The van der Waals surface area contributed by atoms with Gasteiger partial charge in [0.1, 0.15) is 5.82 Å². The van der Waals surface area contributed by atoms with Crippen LogP contribution in [0.15, 0.2) is 29.6 Å². The van der Waals surface area contributed by atoms with Crippen LogP contribution in [0.5, 0.6) is 0 Å². The van der Waals surface area contributed by atoms with Gasteiger partial charge in [-0.05, 0) is 55.6 Å². The SMILES string of the molecule is Cc1ccc(NC(=O)CN(C)Cc2sccc2C)c(F)c1. The molecule has 21 heavy (non-hydrogen) atoms. The van der Waals surface area contributed by atoms with Crippen molar-refractivity contribution in [2.75, 3.05) is 18.9 Å². The van der Waals surface area contributed by atoms with Gasteiger partial charge >= 0.3 is 0 Å². The maximum atomic E-state index is 13.7. The van der Waals surface area contributed by atoms with Crippen LogP contribution >= 0.6 is 11.3 Å². The third kappa shape index (κ3) is 4.37. The first-order chi connectivity index (χ1) is 9.95. The summed E-state index contributed by atoms with van der Waals surface area (Å²) in [5.74, 6) is -0.616. The number of hydrogen-bond donors (Lipinski definition) is 1. The predicted molar refractivity (Wildman–Crippen MR) is 85.2 cm³/mol. The lowest BCUT2D eigenvalue weighted by atomic mass is 10.2. The second-order valence-electron chi connectivity index (χ2n) is 5.23. The number of aryl methyl sites for hydroxylation is 2. The van der Waals surface area contributed by atoms with Crippen molar-refractivity contribution in [1.29, 1.82) is 0 Å². The topological polar surface area (TPSA) is 32.3 Å². The minimum atomic E-state index is -0.403. The highest BCUT2D eigenvalue weighted by molar-refractivity contribution is 7.10. The van der Waals surface area contributed by atoms with Gasteiger partial charge in [-0.15, -0.1) is 11.3 Å². The number of carbonyl (C=O) groups is 1. The molecule has 0 fully saturated rings. The number of rotatable bonds is 5. The molecule has 0 unspecified atom stereocenters. The van der Waals surface area contributed by atoms with Crippen molar-refractivity contribution < 1.29 is 9.18 Å². The normalized spacial score (nSPS) is 10.9. The molecular weight excluding hydrogens is 287 g/mol. The van der Waals surface area contributed by atoms with Crippen LogP contribution in [0.3, 0.4) is 0 Å². The summed E-state index contributed by atoms with van der Waals surface area (Å²) in [6.07, 6.45) is 0. The first-order valence-electron chi connectivity index (χ1n) is 6.73. The second kappa shape index (κ2) is 6.83. The molecule has 0 aliphatic heterocycles. The molecule has 0 bridgehead atoms. The zero-order valence-corrected chi connectivity index (χ0v) is 13.3. The molecule has 112 valence electrons. The Kier molecular flexibility index (Phi) is 5.09. The summed E-state index contributed by atoms with van der Waals surface area (Å²) in [4.78, 5) is 15.1. The largest absolute Gasteiger partial charge is 0.322 e. The Balaban J connectivity index is 1.90. The smallest absolute Gasteiger partial charge is 0.238 e. The summed E-state index contributed by atoms with van der Waals surface area (Å²) in [7, 11) is 1.88. The van der Waals surface area contributed by atoms with E-state index in [1.165, 1.54) is 16.5 Å². The number of thiophene rings is 1. The monoisotopic (exact) mass is 306 g/mol. The molecule has 0 atom stereocenters. The average molecular weight is 306 g/mol. The van der Waals surface area contributed by atoms with Crippen molar-refractivity contribution in [1.82, 2.24) is 4.90 Å². The Hall–Kier alpha value is -1.72. The van der Waals surface area contributed by atoms with E-state index in [2.05, 4.69) is 18.3 Å². The van der Waals surface area contributed by atoms with Gasteiger partial charge in [0.05, 0.1) is 12.2 Å². The standard InChI is InChI=1S/C16H19FN2OS/c1-11-4-5-14(13(17)8-11)18-16(20)10-19(3)9-15-12(2)6-7-21-15/h4-8H,9-10H2,1-3H3,(H,18,20). The number of nitrogens with one attached hydrogen (secondary N) is 1. The molecule has 0 aliphatic carbocycles. The Morgan fingerprint density at radius 2 is 2.10 bits per heavy atom. The summed E-state index contributed by atoms with van der Waals surface area (Å²) in [6.45, 7) is 4.81. The molecule has 1 N–H and O–H groups in total. The molecule has 2 aromatic rings. The van der Waals surface area contributed by atoms with Crippen molar-refractivity contribution >= 4 is 22.9 Å². The highest BCUT2D eigenvalue weighted by atomic mass is 32.1. The number of amides is 1. The Labute approximate surface area is 128 Å². The molecule has 0 spiro atoms. The van der Waals surface area contributed by atoms with Gasteiger partial charge in [-0.1, -0.05) is 6.07 Å². The Bertz CT molecular complexity index is 639. The molecule has 0 radical (unpaired) electrons. The first-order valence-corrected chi connectivity index (χ1v) is 7.61. The van der Waals surface area contributed by atoms with Crippen LogP contribution in [-0.2, 0) is 11.3 Å². The van der Waals surface area contributed by atoms with Crippen LogP contribution in [-0.4, -0.2) is 24.4 Å². The molecule has 0 aliphatic rings. The van der Waals surface area contributed by atoms with Gasteiger partial charge in [-0.25, -0.2) is 4.39 Å². The third-order valence-electron chi connectivity index (χ3n) is 3.19. The number of nitrogens with zero attached hydrogens (tertiary/aromatic N) is 1. The van der Waals surface area contributed by atoms with E-state index in [4.69, 9.17) is 0 Å². The second-order valence-corrected chi connectivity index (χ2v) is 6.23. The van der Waals surface area contributed by atoms with E-state index in [0.29, 0.717) is 6.54 Å². The maximum Gasteiger partial charge on any atom is 0.238 e. The Morgan fingerprint density at radius 3 is 2.71 bits per heavy atom. The highest BCUT2D eigenvalue weighted by Gasteiger charge is 2.11. The van der Waals surface area contributed by atoms with Gasteiger partial charge in [0, 0.05) is 11.4 Å². The molecular formula is C16H19FN2OS. The van der Waals surface area contributed by atoms with Gasteiger partial charge in [0.2, 0.25) is 5.91 Å². The van der Waals surface area contributed by atoms with E-state index in [1.54, 1.807) is 23.5 Å². The number of anilines is 1. The van der Waals surface area contributed by atoms with E-state index in [0.717, 1.165) is 5.56 Å². The predicted octanol–water partition coefficient (Wildman–Crippen LogP) is 3.57. The summed E-state index contributed by atoms with van der Waals surface area (Å²) in [5.41, 5.74) is 2.29. The lowest BCUT2D eigenvalue weighted by Gasteiger charge is -2.16. The molecule has 2 rings (SSSR count). The molecule has 1 amide bonds. The molecule has 1 aromatic heterocycles. The van der Waals surface area contributed by atoms with E-state index >= 15 is 0 Å². The number of benzene rings is 1. The summed E-state index contributed by atoms with van der Waals surface area (Å²) in [6, 6.07) is 6.84. The first kappa shape index (κ1) is 15.7. The van der Waals surface area contributed by atoms with Crippen LogP contribution in [0.4, 0.5) is 10.1 Å². The number of carbonyl (C=O) groups excluding carboxylic acids is 1. The number of hydrogen-bond acceptors (Lipinski definition) is 3. The zero-order valence-electron chi connectivity index (χ0n) is 12.4. The van der Waals surface area contributed by atoms with Gasteiger partial charge < -0.3 is 5.32 Å². The van der Waals surface area contributed by atoms with Crippen molar-refractivity contribution in [2.24, 2.45) is 0 Å². The fourth-order valence-electron chi connectivity index (χ4n) is 2.02. The summed E-state index contributed by atoms with van der Waals surface area (Å²) >= 11 is 1.68. The van der Waals surface area contributed by atoms with E-state index in [9.17, 15) is 9.18 Å². The lowest BCUT2D eigenvalue weighted by Crippen LogP contribution is -2.30. The summed E-state index contributed by atoms with van der Waals surface area (Å²) < 4.78 is 13.7. The van der Waals surface area contributed by atoms with Crippen LogP contribution in [0.1, 0.15) is 16.0 Å². The van der Waals surface area contributed by atoms with Crippen molar-refractivity contribution in [3.8, 4) is 0 Å². The minimum Gasteiger partial charge on any atom is -0.322 e. The molecule has 0 saturated heterocycles.